The van der Waals surface area contributed by atoms with Gasteiger partial charge in [-0.3, -0.25) is 9.69 Å². The molecule has 2 saturated heterocycles. The van der Waals surface area contributed by atoms with E-state index in [9.17, 15) is 4.79 Å². The summed E-state index contributed by atoms with van der Waals surface area (Å²) >= 11 is 0. The Bertz CT molecular complexity index is 342. The highest BCUT2D eigenvalue weighted by Gasteiger charge is 2.37. The third-order valence-corrected chi connectivity index (χ3v) is 5.38. The van der Waals surface area contributed by atoms with Crippen molar-refractivity contribution in [3.05, 3.63) is 0 Å². The summed E-state index contributed by atoms with van der Waals surface area (Å²) in [6.45, 7) is 4.42. The Morgan fingerprint density at radius 2 is 1.81 bits per heavy atom. The number of rotatable bonds is 7. The van der Waals surface area contributed by atoms with Gasteiger partial charge in [-0.2, -0.15) is 0 Å². The molecule has 1 saturated carbocycles. The predicted molar refractivity (Wildman–Crippen MR) is 85.2 cm³/mol. The number of piperidine rings is 2. The lowest BCUT2D eigenvalue weighted by atomic mass is 9.81. The number of nitrogens with zero attached hydrogens (tertiary/aromatic N) is 1. The van der Waals surface area contributed by atoms with E-state index in [4.69, 9.17) is 0 Å². The molecule has 120 valence electrons. The fraction of sp³-hybridized carbons (Fsp3) is 0.941. The largest absolute Gasteiger partial charge is 0.353 e. The summed E-state index contributed by atoms with van der Waals surface area (Å²) in [6, 6.07) is 2.74. The van der Waals surface area contributed by atoms with Crippen LogP contribution in [0.25, 0.3) is 0 Å². The van der Waals surface area contributed by atoms with Crippen LogP contribution in [0.3, 0.4) is 0 Å². The van der Waals surface area contributed by atoms with Gasteiger partial charge in [0.2, 0.25) is 5.91 Å². The molecule has 4 heteroatoms. The molecule has 2 atom stereocenters. The molecule has 0 aromatic carbocycles. The van der Waals surface area contributed by atoms with E-state index in [1.54, 1.807) is 0 Å². The molecule has 2 heterocycles. The Balaban J connectivity index is 1.43. The molecular weight excluding hydrogens is 262 g/mol. The standard InChI is InChI=1S/C17H31N3O/c1-2-18-14-11-15-5-3-6-16(12-14)20(15)10-4-7-17(21)19-13-8-9-13/h13-16,18H,2-12H2,1H3,(H,19,21). The van der Waals surface area contributed by atoms with E-state index in [-0.39, 0.29) is 5.91 Å². The second kappa shape index (κ2) is 7.10. The Labute approximate surface area is 129 Å². The molecule has 0 radical (unpaired) electrons. The molecule has 1 amide bonds. The topological polar surface area (TPSA) is 44.4 Å². The predicted octanol–water partition coefficient (Wildman–Crippen LogP) is 2.04. The van der Waals surface area contributed by atoms with Gasteiger partial charge in [0.1, 0.15) is 0 Å². The van der Waals surface area contributed by atoms with Crippen LogP contribution in [-0.2, 0) is 4.79 Å². The molecule has 3 rings (SSSR count). The molecule has 3 fully saturated rings. The Hall–Kier alpha value is -0.610. The Kier molecular flexibility index (Phi) is 5.17. The van der Waals surface area contributed by atoms with Crippen molar-refractivity contribution in [2.75, 3.05) is 13.1 Å². The van der Waals surface area contributed by atoms with Gasteiger partial charge in [0.25, 0.3) is 0 Å². The van der Waals surface area contributed by atoms with E-state index in [2.05, 4.69) is 22.5 Å². The highest BCUT2D eigenvalue weighted by atomic mass is 16.1. The number of carbonyl (C=O) groups excluding carboxylic acids is 1. The number of fused-ring (bicyclic) bond motifs is 2. The lowest BCUT2D eigenvalue weighted by molar-refractivity contribution is -0.121. The maximum absolute atomic E-state index is 11.8. The zero-order valence-corrected chi connectivity index (χ0v) is 13.4. The Morgan fingerprint density at radius 1 is 1.10 bits per heavy atom. The van der Waals surface area contributed by atoms with Crippen LogP contribution >= 0.6 is 0 Å². The van der Waals surface area contributed by atoms with Crippen molar-refractivity contribution in [3.63, 3.8) is 0 Å². The average Bonchev–Trinajstić information content (AvgIpc) is 3.23. The maximum Gasteiger partial charge on any atom is 0.220 e. The highest BCUT2D eigenvalue weighted by molar-refractivity contribution is 5.76. The zero-order chi connectivity index (χ0) is 14.7. The quantitative estimate of drug-likeness (QED) is 0.755. The van der Waals surface area contributed by atoms with Crippen molar-refractivity contribution in [2.45, 2.75) is 88.9 Å². The van der Waals surface area contributed by atoms with Gasteiger partial charge in [-0.15, -0.1) is 0 Å². The number of carbonyl (C=O) groups is 1. The maximum atomic E-state index is 11.8. The molecule has 4 nitrogen and oxygen atoms in total. The number of amides is 1. The third kappa shape index (κ3) is 4.19. The van der Waals surface area contributed by atoms with Gasteiger partial charge in [0, 0.05) is 30.6 Å². The molecule has 0 aromatic heterocycles. The van der Waals surface area contributed by atoms with Crippen LogP contribution in [0.1, 0.15) is 64.7 Å². The summed E-state index contributed by atoms with van der Waals surface area (Å²) in [4.78, 5) is 14.5. The van der Waals surface area contributed by atoms with Crippen LogP contribution in [-0.4, -0.2) is 48.1 Å². The van der Waals surface area contributed by atoms with Crippen molar-refractivity contribution in [1.82, 2.24) is 15.5 Å². The summed E-state index contributed by atoms with van der Waals surface area (Å²) in [5, 5.41) is 6.74. The van der Waals surface area contributed by atoms with Gasteiger partial charge in [0.05, 0.1) is 0 Å². The normalized spacial score (nSPS) is 32.9. The third-order valence-electron chi connectivity index (χ3n) is 5.38. The van der Waals surface area contributed by atoms with Crippen LogP contribution in [0.5, 0.6) is 0 Å². The average molecular weight is 293 g/mol. The first-order valence-electron chi connectivity index (χ1n) is 9.04. The fourth-order valence-corrected chi connectivity index (χ4v) is 4.25. The second-order valence-electron chi connectivity index (χ2n) is 7.15. The van der Waals surface area contributed by atoms with E-state index in [1.807, 2.05) is 0 Å². The molecule has 3 aliphatic rings. The molecule has 0 aromatic rings. The van der Waals surface area contributed by atoms with Gasteiger partial charge in [-0.05, 0) is 58.0 Å². The van der Waals surface area contributed by atoms with Crippen molar-refractivity contribution in [3.8, 4) is 0 Å². The van der Waals surface area contributed by atoms with Crippen LogP contribution in [0.4, 0.5) is 0 Å². The number of hydrogen-bond acceptors (Lipinski definition) is 3. The Morgan fingerprint density at radius 3 is 2.43 bits per heavy atom. The summed E-state index contributed by atoms with van der Waals surface area (Å²) in [6.07, 6.45) is 10.8. The van der Waals surface area contributed by atoms with Crippen LogP contribution in [0.15, 0.2) is 0 Å². The summed E-state index contributed by atoms with van der Waals surface area (Å²) < 4.78 is 0. The SMILES string of the molecule is CCNC1CC2CCCC(C1)N2CCCC(=O)NC1CC1. The van der Waals surface area contributed by atoms with Gasteiger partial charge >= 0.3 is 0 Å². The zero-order valence-electron chi connectivity index (χ0n) is 13.4. The van der Waals surface area contributed by atoms with Crippen molar-refractivity contribution >= 4 is 5.91 Å². The van der Waals surface area contributed by atoms with Gasteiger partial charge < -0.3 is 10.6 Å². The first kappa shape index (κ1) is 15.3. The van der Waals surface area contributed by atoms with E-state index < -0.39 is 0 Å². The van der Waals surface area contributed by atoms with Crippen molar-refractivity contribution in [2.24, 2.45) is 0 Å². The minimum absolute atomic E-state index is 0.269. The van der Waals surface area contributed by atoms with E-state index in [0.29, 0.717) is 12.5 Å². The van der Waals surface area contributed by atoms with Gasteiger partial charge in [-0.25, -0.2) is 0 Å². The summed E-state index contributed by atoms with van der Waals surface area (Å²) in [5.74, 6) is 0.269. The monoisotopic (exact) mass is 293 g/mol. The smallest absolute Gasteiger partial charge is 0.220 e. The number of nitrogens with one attached hydrogen (secondary N) is 2. The number of hydrogen-bond donors (Lipinski definition) is 2. The highest BCUT2D eigenvalue weighted by Crippen LogP contribution is 2.34. The molecular formula is C17H31N3O. The minimum atomic E-state index is 0.269. The van der Waals surface area contributed by atoms with Gasteiger partial charge in [-0.1, -0.05) is 13.3 Å². The minimum Gasteiger partial charge on any atom is -0.353 e. The lowest BCUT2D eigenvalue weighted by Crippen LogP contribution is -2.56. The fourth-order valence-electron chi connectivity index (χ4n) is 4.25. The second-order valence-corrected chi connectivity index (χ2v) is 7.15. The molecule has 0 spiro atoms. The molecule has 21 heavy (non-hydrogen) atoms. The van der Waals surface area contributed by atoms with Crippen LogP contribution < -0.4 is 10.6 Å². The van der Waals surface area contributed by atoms with Gasteiger partial charge in [0.15, 0.2) is 0 Å². The van der Waals surface area contributed by atoms with Crippen molar-refractivity contribution in [1.29, 1.82) is 0 Å². The van der Waals surface area contributed by atoms with E-state index >= 15 is 0 Å². The molecule has 1 aliphatic carbocycles. The lowest BCUT2D eigenvalue weighted by Gasteiger charge is -2.49. The van der Waals surface area contributed by atoms with E-state index in [1.165, 1.54) is 44.9 Å². The summed E-state index contributed by atoms with van der Waals surface area (Å²) in [7, 11) is 0. The van der Waals surface area contributed by atoms with E-state index in [0.717, 1.165) is 37.6 Å². The first-order valence-corrected chi connectivity index (χ1v) is 9.04. The van der Waals surface area contributed by atoms with Crippen molar-refractivity contribution < 1.29 is 4.79 Å². The summed E-state index contributed by atoms with van der Waals surface area (Å²) in [5.41, 5.74) is 0. The van der Waals surface area contributed by atoms with Crippen LogP contribution in [0, 0.1) is 0 Å². The first-order chi connectivity index (χ1) is 10.3. The van der Waals surface area contributed by atoms with Crippen LogP contribution in [0.2, 0.25) is 0 Å². The molecule has 2 N–H and O–H groups in total. The molecule has 2 unspecified atom stereocenters. The molecule has 2 aliphatic heterocycles. The molecule has 2 bridgehead atoms.